The van der Waals surface area contributed by atoms with Gasteiger partial charge in [0.05, 0.1) is 0 Å². The molecule has 0 spiro atoms. The summed E-state index contributed by atoms with van der Waals surface area (Å²) in [6.07, 6.45) is 3.31. The van der Waals surface area contributed by atoms with Crippen molar-refractivity contribution in [1.82, 2.24) is 10.2 Å². The first kappa shape index (κ1) is 11.4. The standard InChI is InChI=1S/C11H19N3O2/c1-7(11(16)13-9-3-4-9)14-6-8(12)2-5-10(14)15/h7-9H,2-6,12H2,1H3,(H,13,16)/t7-,8+/m1/s1. The van der Waals surface area contributed by atoms with Crippen LogP contribution in [-0.2, 0) is 9.59 Å². The molecule has 2 fully saturated rings. The predicted molar refractivity (Wildman–Crippen MR) is 59.5 cm³/mol. The summed E-state index contributed by atoms with van der Waals surface area (Å²) >= 11 is 0. The Bertz CT molecular complexity index is 302. The second-order valence-electron chi connectivity index (χ2n) is 4.80. The zero-order valence-corrected chi connectivity index (χ0v) is 9.61. The molecule has 0 bridgehead atoms. The van der Waals surface area contributed by atoms with Crippen molar-refractivity contribution in [3.8, 4) is 0 Å². The Morgan fingerprint density at radius 3 is 2.81 bits per heavy atom. The van der Waals surface area contributed by atoms with Gasteiger partial charge in [-0.2, -0.15) is 0 Å². The van der Waals surface area contributed by atoms with E-state index in [4.69, 9.17) is 5.73 Å². The van der Waals surface area contributed by atoms with Crippen LogP contribution >= 0.6 is 0 Å². The molecule has 0 aromatic heterocycles. The fourth-order valence-corrected chi connectivity index (χ4v) is 1.96. The molecule has 1 aliphatic heterocycles. The number of likely N-dealkylation sites (tertiary alicyclic amines) is 1. The lowest BCUT2D eigenvalue weighted by atomic mass is 10.0. The second kappa shape index (κ2) is 4.41. The van der Waals surface area contributed by atoms with Gasteiger partial charge in [-0.25, -0.2) is 0 Å². The number of nitrogens with two attached hydrogens (primary N) is 1. The molecular weight excluding hydrogens is 206 g/mol. The molecule has 0 radical (unpaired) electrons. The van der Waals surface area contributed by atoms with Crippen LogP contribution < -0.4 is 11.1 Å². The van der Waals surface area contributed by atoms with Crippen LogP contribution in [0, 0.1) is 0 Å². The molecule has 1 heterocycles. The highest BCUT2D eigenvalue weighted by atomic mass is 16.2. The molecule has 90 valence electrons. The van der Waals surface area contributed by atoms with Crippen LogP contribution in [-0.4, -0.2) is 41.4 Å². The van der Waals surface area contributed by atoms with Crippen LogP contribution in [0.1, 0.15) is 32.6 Å². The SMILES string of the molecule is C[C@H](C(=O)NC1CC1)N1C[C@@H](N)CCC1=O. The maximum Gasteiger partial charge on any atom is 0.242 e. The Morgan fingerprint density at radius 2 is 2.19 bits per heavy atom. The summed E-state index contributed by atoms with van der Waals surface area (Å²) in [4.78, 5) is 25.1. The van der Waals surface area contributed by atoms with E-state index in [-0.39, 0.29) is 23.9 Å². The molecule has 2 atom stereocenters. The number of nitrogens with one attached hydrogen (secondary N) is 1. The molecule has 1 aliphatic carbocycles. The van der Waals surface area contributed by atoms with Gasteiger partial charge in [-0.1, -0.05) is 0 Å². The zero-order valence-electron chi connectivity index (χ0n) is 9.61. The lowest BCUT2D eigenvalue weighted by Crippen LogP contribution is -2.54. The average Bonchev–Trinajstić information content (AvgIpc) is 3.04. The second-order valence-corrected chi connectivity index (χ2v) is 4.80. The Labute approximate surface area is 95.3 Å². The first-order valence-corrected chi connectivity index (χ1v) is 5.93. The molecule has 5 heteroatoms. The van der Waals surface area contributed by atoms with Crippen molar-refractivity contribution in [2.24, 2.45) is 5.73 Å². The van der Waals surface area contributed by atoms with E-state index in [2.05, 4.69) is 5.32 Å². The summed E-state index contributed by atoms with van der Waals surface area (Å²) in [5.41, 5.74) is 5.81. The normalized spacial score (nSPS) is 27.8. The molecule has 0 aromatic carbocycles. The van der Waals surface area contributed by atoms with Gasteiger partial charge in [0.2, 0.25) is 11.8 Å². The van der Waals surface area contributed by atoms with Gasteiger partial charge in [-0.05, 0) is 26.2 Å². The number of carbonyl (C=O) groups is 2. The maximum absolute atomic E-state index is 11.8. The third-order valence-electron chi connectivity index (χ3n) is 3.25. The number of hydrogen-bond donors (Lipinski definition) is 2. The lowest BCUT2D eigenvalue weighted by Gasteiger charge is -2.34. The van der Waals surface area contributed by atoms with Crippen molar-refractivity contribution < 1.29 is 9.59 Å². The summed E-state index contributed by atoms with van der Waals surface area (Å²) in [7, 11) is 0. The Balaban J connectivity index is 1.92. The molecular formula is C11H19N3O2. The number of rotatable bonds is 3. The topological polar surface area (TPSA) is 75.4 Å². The van der Waals surface area contributed by atoms with Gasteiger partial charge in [-0.3, -0.25) is 9.59 Å². The number of hydrogen-bond acceptors (Lipinski definition) is 3. The minimum atomic E-state index is -0.389. The molecule has 0 unspecified atom stereocenters. The maximum atomic E-state index is 11.8. The first-order valence-electron chi connectivity index (χ1n) is 5.93. The zero-order chi connectivity index (χ0) is 11.7. The lowest BCUT2D eigenvalue weighted by molar-refractivity contribution is -0.142. The molecule has 3 N–H and O–H groups in total. The molecule has 0 aromatic rings. The highest BCUT2D eigenvalue weighted by Crippen LogP contribution is 2.20. The van der Waals surface area contributed by atoms with Crippen LogP contribution in [0.15, 0.2) is 0 Å². The third-order valence-corrected chi connectivity index (χ3v) is 3.25. The molecule has 2 aliphatic rings. The van der Waals surface area contributed by atoms with Gasteiger partial charge < -0.3 is 16.0 Å². The van der Waals surface area contributed by atoms with E-state index in [0.717, 1.165) is 19.3 Å². The Kier molecular flexibility index (Phi) is 3.14. The molecule has 16 heavy (non-hydrogen) atoms. The predicted octanol–water partition coefficient (Wildman–Crippen LogP) is -0.397. The quantitative estimate of drug-likeness (QED) is 0.686. The van der Waals surface area contributed by atoms with Crippen LogP contribution in [0.2, 0.25) is 0 Å². The molecule has 1 saturated carbocycles. The third kappa shape index (κ3) is 2.52. The van der Waals surface area contributed by atoms with E-state index in [0.29, 0.717) is 19.0 Å². The van der Waals surface area contributed by atoms with Crippen LogP contribution in [0.25, 0.3) is 0 Å². The minimum absolute atomic E-state index is 0.00822. The Morgan fingerprint density at radius 1 is 1.50 bits per heavy atom. The van der Waals surface area contributed by atoms with E-state index in [1.165, 1.54) is 0 Å². The number of carbonyl (C=O) groups excluding carboxylic acids is 2. The van der Waals surface area contributed by atoms with Gasteiger partial charge in [0.15, 0.2) is 0 Å². The summed E-state index contributed by atoms with van der Waals surface area (Å²) in [5, 5.41) is 2.91. The summed E-state index contributed by atoms with van der Waals surface area (Å²) in [6.45, 7) is 2.27. The first-order chi connectivity index (χ1) is 7.58. The summed E-state index contributed by atoms with van der Waals surface area (Å²) in [6, 6.07) is -0.0446. The van der Waals surface area contributed by atoms with Crippen molar-refractivity contribution in [1.29, 1.82) is 0 Å². The number of amides is 2. The van der Waals surface area contributed by atoms with Gasteiger partial charge in [-0.15, -0.1) is 0 Å². The number of piperidine rings is 1. The van der Waals surface area contributed by atoms with Gasteiger partial charge in [0, 0.05) is 25.0 Å². The van der Waals surface area contributed by atoms with Crippen LogP contribution in [0.4, 0.5) is 0 Å². The molecule has 5 nitrogen and oxygen atoms in total. The van der Waals surface area contributed by atoms with E-state index in [9.17, 15) is 9.59 Å². The van der Waals surface area contributed by atoms with Crippen molar-refractivity contribution in [2.75, 3.05) is 6.54 Å². The molecule has 2 rings (SSSR count). The minimum Gasteiger partial charge on any atom is -0.352 e. The highest BCUT2D eigenvalue weighted by molar-refractivity contribution is 5.88. The summed E-state index contributed by atoms with van der Waals surface area (Å²) in [5.74, 6) is -0.00917. The average molecular weight is 225 g/mol. The largest absolute Gasteiger partial charge is 0.352 e. The molecule has 1 saturated heterocycles. The Hall–Kier alpha value is -1.10. The van der Waals surface area contributed by atoms with E-state index >= 15 is 0 Å². The van der Waals surface area contributed by atoms with Crippen molar-refractivity contribution in [3.05, 3.63) is 0 Å². The van der Waals surface area contributed by atoms with Crippen LogP contribution in [0.3, 0.4) is 0 Å². The van der Waals surface area contributed by atoms with Crippen molar-refractivity contribution >= 4 is 11.8 Å². The van der Waals surface area contributed by atoms with Crippen molar-refractivity contribution in [2.45, 2.75) is 50.7 Å². The smallest absolute Gasteiger partial charge is 0.242 e. The van der Waals surface area contributed by atoms with E-state index in [1.54, 1.807) is 11.8 Å². The number of nitrogens with zero attached hydrogens (tertiary/aromatic N) is 1. The van der Waals surface area contributed by atoms with E-state index < -0.39 is 0 Å². The highest BCUT2D eigenvalue weighted by Gasteiger charge is 2.33. The van der Waals surface area contributed by atoms with Gasteiger partial charge in [0.1, 0.15) is 6.04 Å². The van der Waals surface area contributed by atoms with Crippen LogP contribution in [0.5, 0.6) is 0 Å². The monoisotopic (exact) mass is 225 g/mol. The van der Waals surface area contributed by atoms with E-state index in [1.807, 2.05) is 0 Å². The fourth-order valence-electron chi connectivity index (χ4n) is 1.96. The fraction of sp³-hybridized carbons (Fsp3) is 0.818. The van der Waals surface area contributed by atoms with Crippen molar-refractivity contribution in [3.63, 3.8) is 0 Å². The van der Waals surface area contributed by atoms with Gasteiger partial charge in [0.25, 0.3) is 0 Å². The molecule has 2 amide bonds. The van der Waals surface area contributed by atoms with Gasteiger partial charge >= 0.3 is 0 Å². The summed E-state index contributed by atoms with van der Waals surface area (Å²) < 4.78 is 0.